The summed E-state index contributed by atoms with van der Waals surface area (Å²) in [6, 6.07) is 7.22. The number of aryl methyl sites for hydroxylation is 1. The van der Waals surface area contributed by atoms with Crippen LogP contribution in [0, 0.1) is 10.1 Å². The molecule has 26 heavy (non-hydrogen) atoms. The molecule has 1 aromatic carbocycles. The lowest BCUT2D eigenvalue weighted by Crippen LogP contribution is -2.24. The Morgan fingerprint density at radius 1 is 1.38 bits per heavy atom. The molecule has 1 heterocycles. The first-order valence-electron chi connectivity index (χ1n) is 8.27. The van der Waals surface area contributed by atoms with Crippen molar-refractivity contribution in [3.8, 4) is 5.75 Å². The predicted molar refractivity (Wildman–Crippen MR) is 94.2 cm³/mol. The lowest BCUT2D eigenvalue weighted by Gasteiger charge is -2.08. The molecule has 1 aromatic heterocycles. The number of H-pyrrole nitrogens is 1. The van der Waals surface area contributed by atoms with Crippen molar-refractivity contribution in [3.05, 3.63) is 51.3 Å². The van der Waals surface area contributed by atoms with E-state index < -0.39 is 10.8 Å². The molecule has 2 N–H and O–H groups in total. The Balaban J connectivity index is 2.03. The van der Waals surface area contributed by atoms with E-state index in [1.165, 1.54) is 0 Å². The number of aromatic amines is 1. The second kappa shape index (κ2) is 9.52. The molecule has 0 unspecified atom stereocenters. The standard InChI is InChI=1S/C17H22N4O5/c1-3-5-14-16(21(23)24)15(20-19-14)17(22)18-11-12-6-4-7-13(10-12)26-9-8-25-2/h4,6-7,10H,3,5,8-9,11H2,1-2H3,(H,18,22)(H,19,20). The number of benzene rings is 1. The molecule has 2 rings (SSSR count). The number of nitrogens with zero attached hydrogens (tertiary/aromatic N) is 2. The van der Waals surface area contributed by atoms with Gasteiger partial charge in [0.2, 0.25) is 5.69 Å². The number of hydrogen-bond donors (Lipinski definition) is 2. The fraction of sp³-hybridized carbons (Fsp3) is 0.412. The van der Waals surface area contributed by atoms with Crippen LogP contribution in [0.5, 0.6) is 5.75 Å². The highest BCUT2D eigenvalue weighted by Gasteiger charge is 2.28. The largest absolute Gasteiger partial charge is 0.491 e. The molecular formula is C17H22N4O5. The molecule has 0 saturated carbocycles. The Morgan fingerprint density at radius 3 is 2.88 bits per heavy atom. The van der Waals surface area contributed by atoms with E-state index in [0.29, 0.717) is 37.5 Å². The van der Waals surface area contributed by atoms with Crippen LogP contribution < -0.4 is 10.1 Å². The van der Waals surface area contributed by atoms with E-state index >= 15 is 0 Å². The molecule has 0 atom stereocenters. The molecule has 0 aliphatic carbocycles. The number of amides is 1. The summed E-state index contributed by atoms with van der Waals surface area (Å²) in [7, 11) is 1.59. The molecule has 9 nitrogen and oxygen atoms in total. The quantitative estimate of drug-likeness (QED) is 0.380. The maximum Gasteiger partial charge on any atom is 0.322 e. The summed E-state index contributed by atoms with van der Waals surface area (Å²) in [6.07, 6.45) is 1.16. The predicted octanol–water partition coefficient (Wildman–Crippen LogP) is 2.23. The normalized spacial score (nSPS) is 10.5. The highest BCUT2D eigenvalue weighted by Crippen LogP contribution is 2.22. The van der Waals surface area contributed by atoms with Crippen molar-refractivity contribution in [2.24, 2.45) is 0 Å². The Hall–Kier alpha value is -2.94. The van der Waals surface area contributed by atoms with Gasteiger partial charge in [-0.1, -0.05) is 25.5 Å². The lowest BCUT2D eigenvalue weighted by atomic mass is 10.2. The van der Waals surface area contributed by atoms with E-state index in [-0.39, 0.29) is 17.9 Å². The first kappa shape index (κ1) is 19.4. The van der Waals surface area contributed by atoms with Gasteiger partial charge < -0.3 is 14.8 Å². The number of nitro groups is 1. The monoisotopic (exact) mass is 362 g/mol. The molecule has 0 aliphatic heterocycles. The number of carbonyl (C=O) groups is 1. The number of ether oxygens (including phenoxy) is 2. The summed E-state index contributed by atoms with van der Waals surface area (Å²) < 4.78 is 10.4. The number of hydrogen-bond acceptors (Lipinski definition) is 6. The van der Waals surface area contributed by atoms with E-state index in [0.717, 1.165) is 5.56 Å². The zero-order chi connectivity index (χ0) is 18.9. The SMILES string of the molecule is CCCc1[nH]nc(C(=O)NCc2cccc(OCCOC)c2)c1[N+](=O)[O-]. The van der Waals surface area contributed by atoms with Gasteiger partial charge >= 0.3 is 5.69 Å². The summed E-state index contributed by atoms with van der Waals surface area (Å²) >= 11 is 0. The van der Waals surface area contributed by atoms with Crippen molar-refractivity contribution >= 4 is 11.6 Å². The third-order valence-corrected chi connectivity index (χ3v) is 3.62. The molecule has 140 valence electrons. The van der Waals surface area contributed by atoms with Crippen LogP contribution in [0.1, 0.15) is 35.1 Å². The molecule has 9 heteroatoms. The van der Waals surface area contributed by atoms with Crippen LogP contribution in [0.15, 0.2) is 24.3 Å². The zero-order valence-corrected chi connectivity index (χ0v) is 14.8. The summed E-state index contributed by atoms with van der Waals surface area (Å²) in [5.74, 6) is 0.0609. The van der Waals surface area contributed by atoms with Gasteiger partial charge in [0.25, 0.3) is 5.91 Å². The zero-order valence-electron chi connectivity index (χ0n) is 14.8. The molecule has 0 spiro atoms. The molecule has 2 aromatic rings. The van der Waals surface area contributed by atoms with Gasteiger partial charge in [0.05, 0.1) is 11.5 Å². The van der Waals surface area contributed by atoms with Gasteiger partial charge in [0.15, 0.2) is 0 Å². The van der Waals surface area contributed by atoms with Crippen molar-refractivity contribution < 1.29 is 19.2 Å². The highest BCUT2D eigenvalue weighted by molar-refractivity contribution is 5.96. The van der Waals surface area contributed by atoms with E-state index in [4.69, 9.17) is 9.47 Å². The maximum atomic E-state index is 12.3. The van der Waals surface area contributed by atoms with E-state index in [1.807, 2.05) is 13.0 Å². The Kier molecular flexibility index (Phi) is 7.10. The summed E-state index contributed by atoms with van der Waals surface area (Å²) in [5, 5.41) is 20.3. The van der Waals surface area contributed by atoms with Crippen LogP contribution in [-0.2, 0) is 17.7 Å². The van der Waals surface area contributed by atoms with Crippen LogP contribution in [0.3, 0.4) is 0 Å². The van der Waals surface area contributed by atoms with Crippen molar-refractivity contribution in [1.82, 2.24) is 15.5 Å². The van der Waals surface area contributed by atoms with Crippen LogP contribution in [0.4, 0.5) is 5.69 Å². The fourth-order valence-corrected chi connectivity index (χ4v) is 2.41. The first-order chi connectivity index (χ1) is 12.6. The van der Waals surface area contributed by atoms with E-state index in [1.54, 1.807) is 25.3 Å². The second-order valence-corrected chi connectivity index (χ2v) is 5.58. The highest BCUT2D eigenvalue weighted by atomic mass is 16.6. The minimum atomic E-state index is -0.596. The second-order valence-electron chi connectivity index (χ2n) is 5.58. The van der Waals surface area contributed by atoms with Gasteiger partial charge in [-0.2, -0.15) is 5.10 Å². The molecule has 0 aliphatic rings. The fourth-order valence-electron chi connectivity index (χ4n) is 2.41. The van der Waals surface area contributed by atoms with Crippen molar-refractivity contribution in [2.75, 3.05) is 20.3 Å². The van der Waals surface area contributed by atoms with Crippen molar-refractivity contribution in [3.63, 3.8) is 0 Å². The van der Waals surface area contributed by atoms with Gasteiger partial charge in [-0.3, -0.25) is 20.0 Å². The first-order valence-corrected chi connectivity index (χ1v) is 8.27. The Labute approximate surface area is 150 Å². The number of nitrogens with one attached hydrogen (secondary N) is 2. The third kappa shape index (κ3) is 5.03. The minimum absolute atomic E-state index is 0.202. The minimum Gasteiger partial charge on any atom is -0.491 e. The molecular weight excluding hydrogens is 340 g/mol. The topological polar surface area (TPSA) is 119 Å². The average Bonchev–Trinajstić information content (AvgIpc) is 3.05. The summed E-state index contributed by atoms with van der Waals surface area (Å²) in [5.41, 5.74) is 0.698. The average molecular weight is 362 g/mol. The molecule has 0 bridgehead atoms. The Morgan fingerprint density at radius 2 is 2.19 bits per heavy atom. The molecule has 0 fully saturated rings. The maximum absolute atomic E-state index is 12.3. The van der Waals surface area contributed by atoms with E-state index in [9.17, 15) is 14.9 Å². The number of aromatic nitrogens is 2. The number of carbonyl (C=O) groups excluding carboxylic acids is 1. The van der Waals surface area contributed by atoms with Crippen LogP contribution >= 0.6 is 0 Å². The van der Waals surface area contributed by atoms with E-state index in [2.05, 4.69) is 15.5 Å². The smallest absolute Gasteiger partial charge is 0.322 e. The molecule has 1 amide bonds. The summed E-state index contributed by atoms with van der Waals surface area (Å²) in [6.45, 7) is 3.00. The number of methoxy groups -OCH3 is 1. The van der Waals surface area contributed by atoms with Crippen molar-refractivity contribution in [1.29, 1.82) is 0 Å². The molecule has 0 saturated heterocycles. The van der Waals surface area contributed by atoms with Gasteiger partial charge in [0.1, 0.15) is 18.1 Å². The van der Waals surface area contributed by atoms with Gasteiger partial charge in [-0.25, -0.2) is 0 Å². The summed E-state index contributed by atoms with van der Waals surface area (Å²) in [4.78, 5) is 23.0. The van der Waals surface area contributed by atoms with Crippen LogP contribution in [0.2, 0.25) is 0 Å². The van der Waals surface area contributed by atoms with Crippen LogP contribution in [-0.4, -0.2) is 41.4 Å². The van der Waals surface area contributed by atoms with Crippen molar-refractivity contribution in [2.45, 2.75) is 26.3 Å². The van der Waals surface area contributed by atoms with Crippen LogP contribution in [0.25, 0.3) is 0 Å². The third-order valence-electron chi connectivity index (χ3n) is 3.62. The van der Waals surface area contributed by atoms with Gasteiger partial charge in [0, 0.05) is 13.7 Å². The van der Waals surface area contributed by atoms with Gasteiger partial charge in [-0.05, 0) is 24.1 Å². The lowest BCUT2D eigenvalue weighted by molar-refractivity contribution is -0.385. The van der Waals surface area contributed by atoms with Gasteiger partial charge in [-0.15, -0.1) is 0 Å². The number of rotatable bonds is 10. The Bertz CT molecular complexity index is 759. The molecule has 0 radical (unpaired) electrons.